The van der Waals surface area contributed by atoms with Gasteiger partial charge in [-0.15, -0.1) is 0 Å². The highest BCUT2D eigenvalue weighted by atomic mass is 16.5. The molecule has 2 atom stereocenters. The lowest BCUT2D eigenvalue weighted by molar-refractivity contribution is -0.00521. The third-order valence-corrected chi connectivity index (χ3v) is 2.86. The lowest BCUT2D eigenvalue weighted by Crippen LogP contribution is -2.45. The van der Waals surface area contributed by atoms with Crippen molar-refractivity contribution in [3.05, 3.63) is 18.2 Å². The smallest absolute Gasteiger partial charge is 0.0726 e. The van der Waals surface area contributed by atoms with Gasteiger partial charge in [0.15, 0.2) is 0 Å². The quantitative estimate of drug-likeness (QED) is 0.705. The number of nitrogen functional groups attached to an aromatic ring is 2. The Balaban J connectivity index is 2.19. The number of anilines is 3. The fourth-order valence-corrected chi connectivity index (χ4v) is 2.15. The molecule has 1 aliphatic heterocycles. The Kier molecular flexibility index (Phi) is 2.92. The minimum atomic E-state index is 0.252. The first-order valence-electron chi connectivity index (χ1n) is 5.61. The summed E-state index contributed by atoms with van der Waals surface area (Å²) in [5.41, 5.74) is 13.9. The zero-order valence-electron chi connectivity index (χ0n) is 9.81. The Morgan fingerprint density at radius 1 is 1.12 bits per heavy atom. The third-order valence-electron chi connectivity index (χ3n) is 2.86. The van der Waals surface area contributed by atoms with Gasteiger partial charge in [-0.05, 0) is 32.0 Å². The minimum absolute atomic E-state index is 0.252. The molecule has 0 amide bonds. The molecule has 1 heterocycles. The molecule has 1 saturated heterocycles. The molecule has 1 fully saturated rings. The monoisotopic (exact) mass is 221 g/mol. The first-order chi connectivity index (χ1) is 7.56. The van der Waals surface area contributed by atoms with Gasteiger partial charge in [0.2, 0.25) is 0 Å². The second-order valence-electron chi connectivity index (χ2n) is 4.48. The van der Waals surface area contributed by atoms with Crippen LogP contribution in [0.3, 0.4) is 0 Å². The minimum Gasteiger partial charge on any atom is -0.397 e. The molecule has 1 aliphatic rings. The zero-order valence-corrected chi connectivity index (χ0v) is 9.81. The molecule has 0 aliphatic carbocycles. The maximum atomic E-state index is 5.81. The van der Waals surface area contributed by atoms with Crippen LogP contribution in [0.2, 0.25) is 0 Å². The van der Waals surface area contributed by atoms with Gasteiger partial charge in [0.05, 0.1) is 23.6 Å². The van der Waals surface area contributed by atoms with Crippen molar-refractivity contribution < 1.29 is 4.74 Å². The summed E-state index contributed by atoms with van der Waals surface area (Å²) in [6.45, 7) is 5.97. The van der Waals surface area contributed by atoms with Gasteiger partial charge in [0.25, 0.3) is 0 Å². The molecule has 4 N–H and O–H groups in total. The van der Waals surface area contributed by atoms with Gasteiger partial charge >= 0.3 is 0 Å². The van der Waals surface area contributed by atoms with Gasteiger partial charge in [0, 0.05) is 18.8 Å². The van der Waals surface area contributed by atoms with E-state index in [1.165, 1.54) is 0 Å². The molecule has 1 aromatic carbocycles. The normalized spacial score (nSPS) is 25.8. The largest absolute Gasteiger partial charge is 0.397 e. The van der Waals surface area contributed by atoms with Crippen molar-refractivity contribution in [1.29, 1.82) is 0 Å². The van der Waals surface area contributed by atoms with Crippen LogP contribution in [-0.2, 0) is 4.74 Å². The molecule has 16 heavy (non-hydrogen) atoms. The van der Waals surface area contributed by atoms with Crippen LogP contribution in [0.15, 0.2) is 18.2 Å². The number of nitrogens with two attached hydrogens (primary N) is 2. The molecule has 88 valence electrons. The number of hydrogen-bond acceptors (Lipinski definition) is 4. The fourth-order valence-electron chi connectivity index (χ4n) is 2.15. The van der Waals surface area contributed by atoms with E-state index in [-0.39, 0.29) is 12.2 Å². The number of rotatable bonds is 1. The second kappa shape index (κ2) is 4.22. The Hall–Kier alpha value is -1.42. The summed E-state index contributed by atoms with van der Waals surface area (Å²) in [6, 6.07) is 5.80. The Morgan fingerprint density at radius 3 is 2.31 bits per heavy atom. The highest BCUT2D eigenvalue weighted by Gasteiger charge is 2.22. The van der Waals surface area contributed by atoms with Crippen molar-refractivity contribution in [3.8, 4) is 0 Å². The van der Waals surface area contributed by atoms with E-state index < -0.39 is 0 Å². The van der Waals surface area contributed by atoms with Crippen molar-refractivity contribution >= 4 is 17.1 Å². The first kappa shape index (κ1) is 11.1. The van der Waals surface area contributed by atoms with E-state index in [1.807, 2.05) is 18.2 Å². The number of ether oxygens (including phenoxy) is 1. The first-order valence-corrected chi connectivity index (χ1v) is 5.61. The van der Waals surface area contributed by atoms with Crippen LogP contribution in [0, 0.1) is 0 Å². The van der Waals surface area contributed by atoms with E-state index in [4.69, 9.17) is 16.2 Å². The molecule has 0 bridgehead atoms. The predicted molar refractivity (Wildman–Crippen MR) is 67.5 cm³/mol. The van der Waals surface area contributed by atoms with Gasteiger partial charge in [0.1, 0.15) is 0 Å². The highest BCUT2D eigenvalue weighted by Crippen LogP contribution is 2.25. The maximum Gasteiger partial charge on any atom is 0.0726 e. The van der Waals surface area contributed by atoms with Crippen LogP contribution in [0.25, 0.3) is 0 Å². The molecular formula is C12H19N3O. The van der Waals surface area contributed by atoms with Gasteiger partial charge in [-0.3, -0.25) is 0 Å². The summed E-state index contributed by atoms with van der Waals surface area (Å²) in [7, 11) is 0. The van der Waals surface area contributed by atoms with Crippen LogP contribution in [0.5, 0.6) is 0 Å². The second-order valence-corrected chi connectivity index (χ2v) is 4.48. The average Bonchev–Trinajstić information content (AvgIpc) is 2.20. The summed E-state index contributed by atoms with van der Waals surface area (Å²) < 4.78 is 5.69. The molecule has 2 unspecified atom stereocenters. The van der Waals surface area contributed by atoms with E-state index in [2.05, 4.69) is 18.7 Å². The number of benzene rings is 1. The summed E-state index contributed by atoms with van der Waals surface area (Å²) in [4.78, 5) is 2.29. The zero-order chi connectivity index (χ0) is 11.7. The van der Waals surface area contributed by atoms with Gasteiger partial charge in [-0.2, -0.15) is 0 Å². The van der Waals surface area contributed by atoms with Crippen molar-refractivity contribution in [2.75, 3.05) is 29.5 Å². The lowest BCUT2D eigenvalue weighted by Gasteiger charge is -2.37. The van der Waals surface area contributed by atoms with Crippen molar-refractivity contribution in [1.82, 2.24) is 0 Å². The Labute approximate surface area is 96.2 Å². The molecule has 0 radical (unpaired) electrons. The van der Waals surface area contributed by atoms with Crippen molar-refractivity contribution in [2.24, 2.45) is 0 Å². The van der Waals surface area contributed by atoms with Crippen molar-refractivity contribution in [3.63, 3.8) is 0 Å². The molecule has 1 aromatic rings. The molecule has 0 aromatic heterocycles. The van der Waals surface area contributed by atoms with Crippen LogP contribution >= 0.6 is 0 Å². The maximum absolute atomic E-state index is 5.81. The molecule has 2 rings (SSSR count). The average molecular weight is 221 g/mol. The predicted octanol–water partition coefficient (Wildman–Crippen LogP) is 1.46. The lowest BCUT2D eigenvalue weighted by atomic mass is 10.1. The molecule has 4 nitrogen and oxygen atoms in total. The molecular weight excluding hydrogens is 202 g/mol. The summed E-state index contributed by atoms with van der Waals surface area (Å²) in [5.74, 6) is 0. The summed E-state index contributed by atoms with van der Waals surface area (Å²) in [6.07, 6.45) is 0.505. The van der Waals surface area contributed by atoms with Crippen LogP contribution in [0.1, 0.15) is 13.8 Å². The van der Waals surface area contributed by atoms with E-state index >= 15 is 0 Å². The number of hydrogen-bond donors (Lipinski definition) is 2. The van der Waals surface area contributed by atoms with Crippen LogP contribution < -0.4 is 16.4 Å². The fraction of sp³-hybridized carbons (Fsp3) is 0.500. The number of nitrogens with zero attached hydrogens (tertiary/aromatic N) is 1. The van der Waals surface area contributed by atoms with Gasteiger partial charge in [-0.1, -0.05) is 0 Å². The van der Waals surface area contributed by atoms with E-state index in [0.717, 1.165) is 18.8 Å². The van der Waals surface area contributed by atoms with Crippen molar-refractivity contribution in [2.45, 2.75) is 26.1 Å². The Morgan fingerprint density at radius 2 is 1.75 bits per heavy atom. The van der Waals surface area contributed by atoms with E-state index in [0.29, 0.717) is 11.4 Å². The summed E-state index contributed by atoms with van der Waals surface area (Å²) in [5, 5.41) is 0. The van der Waals surface area contributed by atoms with E-state index in [1.54, 1.807) is 0 Å². The molecule has 0 spiro atoms. The molecule has 4 heteroatoms. The summed E-state index contributed by atoms with van der Waals surface area (Å²) >= 11 is 0. The van der Waals surface area contributed by atoms with Gasteiger partial charge < -0.3 is 21.1 Å². The number of morpholine rings is 1. The highest BCUT2D eigenvalue weighted by molar-refractivity contribution is 5.69. The van der Waals surface area contributed by atoms with Crippen LogP contribution in [0.4, 0.5) is 17.1 Å². The third kappa shape index (κ3) is 2.22. The van der Waals surface area contributed by atoms with Crippen LogP contribution in [-0.4, -0.2) is 25.3 Å². The Bertz CT molecular complexity index is 371. The van der Waals surface area contributed by atoms with Gasteiger partial charge in [-0.25, -0.2) is 0 Å². The standard InChI is InChI=1S/C12H19N3O/c1-8-6-15(7-9(2)16-8)10-3-4-11(13)12(14)5-10/h3-5,8-9H,6-7,13-14H2,1-2H3. The molecule has 0 saturated carbocycles. The van der Waals surface area contributed by atoms with E-state index in [9.17, 15) is 0 Å². The SMILES string of the molecule is CC1CN(c2ccc(N)c(N)c2)CC(C)O1. The topological polar surface area (TPSA) is 64.5 Å².